The number of rotatable bonds is 4. The fourth-order valence-corrected chi connectivity index (χ4v) is 2.42. The van der Waals surface area contributed by atoms with E-state index < -0.39 is 5.91 Å². The Hall–Kier alpha value is -1.43. The van der Waals surface area contributed by atoms with E-state index in [1.165, 1.54) is 0 Å². The van der Waals surface area contributed by atoms with Crippen molar-refractivity contribution in [1.82, 2.24) is 10.2 Å². The number of halogens is 1. The lowest BCUT2D eigenvalue weighted by atomic mass is 10.1. The number of imide groups is 1. The van der Waals surface area contributed by atoms with Crippen molar-refractivity contribution in [2.24, 2.45) is 11.7 Å². The van der Waals surface area contributed by atoms with E-state index in [2.05, 4.69) is 5.32 Å². The van der Waals surface area contributed by atoms with Gasteiger partial charge in [0, 0.05) is 17.1 Å². The summed E-state index contributed by atoms with van der Waals surface area (Å²) in [6, 6.07) is 6.41. The average molecular weight is 296 g/mol. The van der Waals surface area contributed by atoms with Gasteiger partial charge in [0.25, 0.3) is 5.91 Å². The minimum atomic E-state index is -0.402. The quantitative estimate of drug-likeness (QED) is 0.864. The molecule has 1 aliphatic heterocycles. The molecule has 1 aliphatic rings. The van der Waals surface area contributed by atoms with Gasteiger partial charge >= 0.3 is 0 Å². The summed E-state index contributed by atoms with van der Waals surface area (Å²) in [4.78, 5) is 25.7. The molecule has 1 unspecified atom stereocenters. The molecule has 1 atom stereocenters. The monoisotopic (exact) mass is 295 g/mol. The summed E-state index contributed by atoms with van der Waals surface area (Å²) < 4.78 is 0. The first kappa shape index (κ1) is 15.0. The highest BCUT2D eigenvalue weighted by molar-refractivity contribution is 6.30. The molecule has 5 nitrogen and oxygen atoms in total. The lowest BCUT2D eigenvalue weighted by molar-refractivity contribution is -0.121. The smallest absolute Gasteiger partial charge is 0.257 e. The number of nitrogens with zero attached hydrogens (tertiary/aromatic N) is 1. The number of carbonyl (C=O) groups excluding carboxylic acids is 2. The molecule has 2 rings (SSSR count). The molecule has 0 aromatic heterocycles. The van der Waals surface area contributed by atoms with Crippen molar-refractivity contribution < 1.29 is 9.59 Å². The van der Waals surface area contributed by atoms with Gasteiger partial charge in [-0.15, -0.1) is 0 Å². The third kappa shape index (κ3) is 4.03. The second kappa shape index (κ2) is 6.83. The number of carbonyl (C=O) groups is 2. The lowest BCUT2D eigenvalue weighted by Crippen LogP contribution is -2.39. The van der Waals surface area contributed by atoms with Crippen LogP contribution in [0.1, 0.15) is 16.8 Å². The van der Waals surface area contributed by atoms with E-state index in [1.54, 1.807) is 24.3 Å². The number of likely N-dealkylation sites (tertiary alicyclic amines) is 1. The van der Waals surface area contributed by atoms with Gasteiger partial charge in [0.15, 0.2) is 0 Å². The molecule has 2 amide bonds. The number of benzene rings is 1. The zero-order valence-corrected chi connectivity index (χ0v) is 11.9. The van der Waals surface area contributed by atoms with Crippen molar-refractivity contribution in [3.05, 3.63) is 34.9 Å². The highest BCUT2D eigenvalue weighted by Crippen LogP contribution is 2.14. The molecule has 0 radical (unpaired) electrons. The van der Waals surface area contributed by atoms with Crippen LogP contribution in [0, 0.1) is 5.92 Å². The maximum Gasteiger partial charge on any atom is 0.257 e. The van der Waals surface area contributed by atoms with E-state index in [9.17, 15) is 9.59 Å². The maximum atomic E-state index is 11.8. The zero-order chi connectivity index (χ0) is 14.5. The van der Waals surface area contributed by atoms with Gasteiger partial charge in [-0.05, 0) is 49.7 Å². The van der Waals surface area contributed by atoms with Crippen LogP contribution >= 0.6 is 11.6 Å². The van der Waals surface area contributed by atoms with Crippen molar-refractivity contribution in [3.63, 3.8) is 0 Å². The Bertz CT molecular complexity index is 490. The summed E-state index contributed by atoms with van der Waals surface area (Å²) in [5, 5.41) is 2.94. The van der Waals surface area contributed by atoms with Crippen LogP contribution in [0.4, 0.5) is 0 Å². The lowest BCUT2D eigenvalue weighted by Gasteiger charge is -2.14. The fourth-order valence-electron chi connectivity index (χ4n) is 2.29. The van der Waals surface area contributed by atoms with E-state index in [1.807, 2.05) is 4.90 Å². The third-order valence-electron chi connectivity index (χ3n) is 3.43. The van der Waals surface area contributed by atoms with E-state index >= 15 is 0 Å². The molecular formula is C14H18ClN3O2. The maximum absolute atomic E-state index is 11.8. The normalized spacial score (nSPS) is 19.0. The SMILES string of the molecule is NCC1CCN(CC(=O)NC(=O)c2ccc(Cl)cc2)C1. The average Bonchev–Trinajstić information content (AvgIpc) is 2.86. The van der Waals surface area contributed by atoms with Crippen LogP contribution in [0.3, 0.4) is 0 Å². The number of nitrogens with two attached hydrogens (primary N) is 1. The first-order valence-electron chi connectivity index (χ1n) is 6.60. The number of nitrogens with one attached hydrogen (secondary N) is 1. The summed E-state index contributed by atoms with van der Waals surface area (Å²) in [5.74, 6) is -0.237. The first-order chi connectivity index (χ1) is 9.58. The number of hydrogen-bond acceptors (Lipinski definition) is 4. The van der Waals surface area contributed by atoms with E-state index in [0.717, 1.165) is 19.5 Å². The standard InChI is InChI=1S/C14H18ClN3O2/c15-12-3-1-11(2-4-12)14(20)17-13(19)9-18-6-5-10(7-16)8-18/h1-4,10H,5-9,16H2,(H,17,19,20). The topological polar surface area (TPSA) is 75.4 Å². The van der Waals surface area contributed by atoms with Crippen molar-refractivity contribution in [3.8, 4) is 0 Å². The van der Waals surface area contributed by atoms with Crippen molar-refractivity contribution in [1.29, 1.82) is 0 Å². The van der Waals surface area contributed by atoms with E-state index in [4.69, 9.17) is 17.3 Å². The molecule has 1 aromatic rings. The molecule has 1 fully saturated rings. The van der Waals surface area contributed by atoms with Gasteiger partial charge in [0.2, 0.25) is 5.91 Å². The van der Waals surface area contributed by atoms with Gasteiger partial charge in [-0.25, -0.2) is 0 Å². The third-order valence-corrected chi connectivity index (χ3v) is 3.68. The molecule has 0 bridgehead atoms. The first-order valence-corrected chi connectivity index (χ1v) is 6.98. The van der Waals surface area contributed by atoms with Crippen molar-refractivity contribution in [2.75, 3.05) is 26.2 Å². The van der Waals surface area contributed by atoms with Gasteiger partial charge in [-0.3, -0.25) is 19.8 Å². The van der Waals surface area contributed by atoms with Gasteiger partial charge in [0.1, 0.15) is 0 Å². The Morgan fingerprint density at radius 2 is 2.05 bits per heavy atom. The summed E-state index contributed by atoms with van der Waals surface area (Å²) in [6.07, 6.45) is 1.01. The summed E-state index contributed by atoms with van der Waals surface area (Å²) >= 11 is 5.75. The molecule has 0 spiro atoms. The van der Waals surface area contributed by atoms with Crippen molar-refractivity contribution >= 4 is 23.4 Å². The predicted octanol–water partition coefficient (Wildman–Crippen LogP) is 0.877. The largest absolute Gasteiger partial charge is 0.330 e. The molecule has 3 N–H and O–H groups in total. The molecule has 1 aromatic carbocycles. The number of hydrogen-bond donors (Lipinski definition) is 2. The highest BCUT2D eigenvalue weighted by Gasteiger charge is 2.23. The molecule has 20 heavy (non-hydrogen) atoms. The number of amides is 2. The molecule has 108 valence electrons. The molecular weight excluding hydrogens is 278 g/mol. The Labute approximate surface area is 123 Å². The van der Waals surface area contributed by atoms with Crippen LogP contribution in [-0.2, 0) is 4.79 Å². The van der Waals surface area contributed by atoms with E-state index in [0.29, 0.717) is 23.0 Å². The van der Waals surface area contributed by atoms with Crippen LogP contribution < -0.4 is 11.1 Å². The van der Waals surface area contributed by atoms with Crippen LogP contribution in [0.5, 0.6) is 0 Å². The molecule has 0 aliphatic carbocycles. The Morgan fingerprint density at radius 1 is 1.35 bits per heavy atom. The molecule has 0 saturated carbocycles. The predicted molar refractivity (Wildman–Crippen MR) is 77.5 cm³/mol. The van der Waals surface area contributed by atoms with Crippen LogP contribution in [-0.4, -0.2) is 42.9 Å². The fraction of sp³-hybridized carbons (Fsp3) is 0.429. The minimum absolute atomic E-state index is 0.232. The second-order valence-electron chi connectivity index (χ2n) is 5.01. The summed E-state index contributed by atoms with van der Waals surface area (Å²) in [5.41, 5.74) is 6.02. The van der Waals surface area contributed by atoms with Gasteiger partial charge < -0.3 is 5.73 Å². The minimum Gasteiger partial charge on any atom is -0.330 e. The van der Waals surface area contributed by atoms with E-state index in [-0.39, 0.29) is 12.5 Å². The van der Waals surface area contributed by atoms with Gasteiger partial charge in [0.05, 0.1) is 6.54 Å². The Morgan fingerprint density at radius 3 is 2.65 bits per heavy atom. The second-order valence-corrected chi connectivity index (χ2v) is 5.45. The van der Waals surface area contributed by atoms with Gasteiger partial charge in [-0.1, -0.05) is 11.6 Å². The van der Waals surface area contributed by atoms with Crippen LogP contribution in [0.15, 0.2) is 24.3 Å². The molecule has 6 heteroatoms. The van der Waals surface area contributed by atoms with Gasteiger partial charge in [-0.2, -0.15) is 0 Å². The molecule has 1 saturated heterocycles. The Kier molecular flexibility index (Phi) is 5.11. The highest BCUT2D eigenvalue weighted by atomic mass is 35.5. The van der Waals surface area contributed by atoms with Crippen LogP contribution in [0.2, 0.25) is 5.02 Å². The summed E-state index contributed by atoms with van der Waals surface area (Å²) in [7, 11) is 0. The van der Waals surface area contributed by atoms with Crippen LogP contribution in [0.25, 0.3) is 0 Å². The summed E-state index contributed by atoms with van der Waals surface area (Å²) in [6.45, 7) is 2.54. The Balaban J connectivity index is 1.82. The zero-order valence-electron chi connectivity index (χ0n) is 11.1. The van der Waals surface area contributed by atoms with Crippen molar-refractivity contribution in [2.45, 2.75) is 6.42 Å². The molecule has 1 heterocycles.